The molecule has 112 valence electrons. The second kappa shape index (κ2) is 13.1. The van der Waals surface area contributed by atoms with Crippen molar-refractivity contribution in [3.63, 3.8) is 0 Å². The number of rotatable bonds is 6. The van der Waals surface area contributed by atoms with E-state index in [9.17, 15) is 19.2 Å². The zero-order valence-corrected chi connectivity index (χ0v) is 13.2. The molecule has 0 unspecified atom stereocenters. The van der Waals surface area contributed by atoms with Crippen LogP contribution in [0.4, 0.5) is 0 Å². The normalized spacial score (nSPS) is 8.90. The Morgan fingerprint density at radius 1 is 0.850 bits per heavy atom. The van der Waals surface area contributed by atoms with Crippen LogP contribution in [0.15, 0.2) is 0 Å². The summed E-state index contributed by atoms with van der Waals surface area (Å²) in [6.45, 7) is -0.278. The second-order valence-corrected chi connectivity index (χ2v) is 3.08. The third-order valence-corrected chi connectivity index (χ3v) is 1.46. The zero-order valence-electron chi connectivity index (χ0n) is 10.4. The first-order valence-corrected chi connectivity index (χ1v) is 4.36. The van der Waals surface area contributed by atoms with Gasteiger partial charge < -0.3 is 43.7 Å². The van der Waals surface area contributed by atoms with Crippen LogP contribution in [0.5, 0.6) is 0 Å². The first-order valence-electron chi connectivity index (χ1n) is 4.36. The molecule has 20 heavy (non-hydrogen) atoms. The van der Waals surface area contributed by atoms with Crippen molar-refractivity contribution in [1.29, 1.82) is 0 Å². The molecule has 0 aromatic rings. The molecule has 0 saturated carbocycles. The number of hydrogen-bond donors (Lipinski definition) is 6. The Kier molecular flexibility index (Phi) is 18.0. The fraction of sp³-hybridized carbons (Fsp3) is 0.500. The summed E-state index contributed by atoms with van der Waals surface area (Å²) in [5.41, 5.74) is 1.83. The minimum absolute atomic E-state index is 0. The molecule has 0 amide bonds. The number of nitrogens with two attached hydrogens (primary N) is 1. The Morgan fingerprint density at radius 2 is 1.10 bits per heavy atom. The van der Waals surface area contributed by atoms with E-state index in [0.29, 0.717) is 0 Å². The standard InChI is InChI=1S/C6H8O7.C2H5NO2.ClH.Na/c7-3(8)1-6(13,5(11)12)2-4(9)10;3-1-2(4)5;;/h13H,1-2H2,(H,7,8)(H,9,10)(H,11,12);1,3H2,(H,4,5);1H;/q;;;+1/p-1. The maximum absolute atomic E-state index is 10.3. The van der Waals surface area contributed by atoms with Crippen LogP contribution in [-0.2, 0) is 19.2 Å². The van der Waals surface area contributed by atoms with Gasteiger partial charge in [-0.15, -0.1) is 0 Å². The van der Waals surface area contributed by atoms with E-state index >= 15 is 0 Å². The third kappa shape index (κ3) is 15.1. The van der Waals surface area contributed by atoms with E-state index in [-0.39, 0.29) is 48.5 Å². The average Bonchev–Trinajstić information content (AvgIpc) is 2.15. The molecular weight excluding hydrogens is 313 g/mol. The molecule has 0 bridgehead atoms. The number of carboxylic acids is 4. The summed E-state index contributed by atoms with van der Waals surface area (Å²) in [7, 11) is 0. The Bertz CT molecular complexity index is 333. The minimum atomic E-state index is -2.74. The van der Waals surface area contributed by atoms with Gasteiger partial charge in [-0.2, -0.15) is 0 Å². The summed E-state index contributed by atoms with van der Waals surface area (Å²) in [6.07, 6.45) is -2.29. The average molecular weight is 326 g/mol. The maximum Gasteiger partial charge on any atom is 1.00 e. The van der Waals surface area contributed by atoms with E-state index < -0.39 is 42.3 Å². The van der Waals surface area contributed by atoms with Crippen LogP contribution < -0.4 is 47.7 Å². The van der Waals surface area contributed by atoms with Gasteiger partial charge in [0, 0.05) is 0 Å². The van der Waals surface area contributed by atoms with Crippen molar-refractivity contribution in [2.45, 2.75) is 18.4 Å². The summed E-state index contributed by atoms with van der Waals surface area (Å²) < 4.78 is 0. The van der Waals surface area contributed by atoms with Gasteiger partial charge in [0.2, 0.25) is 0 Å². The van der Waals surface area contributed by atoms with Gasteiger partial charge in [0.1, 0.15) is 0 Å². The SMILES string of the molecule is NCC(=O)O.O=C(O)CC(O)(CC(=O)O)C(=O)O.[Cl-].[Na+]. The number of hydrogen-bond acceptors (Lipinski definition) is 6. The topological polar surface area (TPSA) is 195 Å². The van der Waals surface area contributed by atoms with Crippen molar-refractivity contribution in [1.82, 2.24) is 0 Å². The van der Waals surface area contributed by atoms with E-state index in [1.807, 2.05) is 0 Å². The van der Waals surface area contributed by atoms with Crippen molar-refractivity contribution >= 4 is 23.9 Å². The van der Waals surface area contributed by atoms with Crippen LogP contribution >= 0.6 is 0 Å². The molecule has 0 aromatic heterocycles. The van der Waals surface area contributed by atoms with Crippen LogP contribution in [0, 0.1) is 0 Å². The monoisotopic (exact) mass is 325 g/mol. The molecular formula is C8H13ClNNaO9. The van der Waals surface area contributed by atoms with E-state index in [0.717, 1.165) is 0 Å². The molecule has 0 aliphatic heterocycles. The van der Waals surface area contributed by atoms with Gasteiger partial charge in [0.05, 0.1) is 19.4 Å². The Morgan fingerprint density at radius 3 is 1.20 bits per heavy atom. The van der Waals surface area contributed by atoms with Crippen LogP contribution in [-0.4, -0.2) is 61.6 Å². The van der Waals surface area contributed by atoms with Crippen LogP contribution in [0.1, 0.15) is 12.8 Å². The third-order valence-electron chi connectivity index (χ3n) is 1.46. The summed E-state index contributed by atoms with van der Waals surface area (Å²) >= 11 is 0. The van der Waals surface area contributed by atoms with Crippen molar-refractivity contribution in [3.8, 4) is 0 Å². The maximum atomic E-state index is 10.3. The van der Waals surface area contributed by atoms with E-state index in [2.05, 4.69) is 5.73 Å². The predicted molar refractivity (Wildman–Crippen MR) is 53.8 cm³/mol. The van der Waals surface area contributed by atoms with Crippen molar-refractivity contribution in [2.24, 2.45) is 5.73 Å². The number of aliphatic carboxylic acids is 4. The summed E-state index contributed by atoms with van der Waals surface area (Å²) in [4.78, 5) is 39.7. The van der Waals surface area contributed by atoms with Gasteiger partial charge in [-0.3, -0.25) is 14.4 Å². The molecule has 0 fully saturated rings. The minimum Gasteiger partial charge on any atom is -1.00 e. The predicted octanol–water partition coefficient (Wildman–Crippen LogP) is -8.21. The summed E-state index contributed by atoms with van der Waals surface area (Å²) in [5, 5.41) is 41.4. The summed E-state index contributed by atoms with van der Waals surface area (Å²) in [6, 6.07) is 0. The molecule has 0 heterocycles. The zero-order chi connectivity index (χ0) is 14.9. The second-order valence-electron chi connectivity index (χ2n) is 3.08. The van der Waals surface area contributed by atoms with E-state index in [1.165, 1.54) is 0 Å². The quantitative estimate of drug-likeness (QED) is 0.255. The molecule has 0 rings (SSSR count). The van der Waals surface area contributed by atoms with Crippen molar-refractivity contribution in [2.75, 3.05) is 6.54 Å². The van der Waals surface area contributed by atoms with Gasteiger partial charge in [0.25, 0.3) is 0 Å². The molecule has 12 heteroatoms. The Balaban J connectivity index is -0.000000158. The number of aliphatic hydroxyl groups is 1. The first-order chi connectivity index (χ1) is 8.05. The Hall–Kier alpha value is -0.910. The molecule has 0 aliphatic carbocycles. The van der Waals surface area contributed by atoms with Gasteiger partial charge in [0.15, 0.2) is 5.60 Å². The van der Waals surface area contributed by atoms with Gasteiger partial charge >= 0.3 is 53.4 Å². The molecule has 0 aromatic carbocycles. The van der Waals surface area contributed by atoms with Crippen molar-refractivity contribution in [3.05, 3.63) is 0 Å². The van der Waals surface area contributed by atoms with Gasteiger partial charge in [-0.25, -0.2) is 4.79 Å². The van der Waals surface area contributed by atoms with Gasteiger partial charge in [-0.1, -0.05) is 0 Å². The molecule has 0 saturated heterocycles. The summed E-state index contributed by atoms with van der Waals surface area (Å²) in [5.74, 6) is -5.99. The van der Waals surface area contributed by atoms with Crippen molar-refractivity contribution < 1.29 is 86.7 Å². The fourth-order valence-corrected chi connectivity index (χ4v) is 0.714. The van der Waals surface area contributed by atoms with Crippen LogP contribution in [0.2, 0.25) is 0 Å². The number of halogens is 1. The fourth-order valence-electron chi connectivity index (χ4n) is 0.714. The van der Waals surface area contributed by atoms with E-state index in [4.69, 9.17) is 25.5 Å². The molecule has 0 atom stereocenters. The molecule has 7 N–H and O–H groups in total. The van der Waals surface area contributed by atoms with Crippen LogP contribution in [0.3, 0.4) is 0 Å². The number of carbonyl (C=O) groups is 4. The molecule has 10 nitrogen and oxygen atoms in total. The largest absolute Gasteiger partial charge is 1.00 e. The van der Waals surface area contributed by atoms with E-state index in [1.54, 1.807) is 0 Å². The van der Waals surface area contributed by atoms with Gasteiger partial charge in [-0.05, 0) is 0 Å². The molecule has 0 radical (unpaired) electrons. The Labute approximate surface area is 141 Å². The molecule has 0 spiro atoms. The first kappa shape index (κ1) is 27.4. The smallest absolute Gasteiger partial charge is 1.00 e. The van der Waals surface area contributed by atoms with Crippen LogP contribution in [0.25, 0.3) is 0 Å². The molecule has 0 aliphatic rings. The number of carboxylic acid groups (broad SMARTS) is 4.